The Morgan fingerprint density at radius 3 is 2.21 bits per heavy atom. The summed E-state index contributed by atoms with van der Waals surface area (Å²) < 4.78 is 27.1. The van der Waals surface area contributed by atoms with Gasteiger partial charge in [0.1, 0.15) is 10.9 Å². The Hall–Kier alpha value is -1.40. The number of nitrogens with one attached hydrogen (secondary N) is 1. The maximum Gasteiger partial charge on any atom is 0.244 e. The quantitative estimate of drug-likeness (QED) is 0.900. The van der Waals surface area contributed by atoms with Crippen LogP contribution >= 0.6 is 11.6 Å². The van der Waals surface area contributed by atoms with E-state index in [1.54, 1.807) is 28.6 Å². The van der Waals surface area contributed by atoms with Crippen LogP contribution in [-0.4, -0.2) is 38.9 Å². The predicted octanol–water partition coefficient (Wildman–Crippen LogP) is 1.99. The highest BCUT2D eigenvalue weighted by Crippen LogP contribution is 2.24. The Labute approximate surface area is 148 Å². The van der Waals surface area contributed by atoms with E-state index in [-0.39, 0.29) is 9.92 Å². The number of benzene rings is 2. The molecule has 1 aliphatic heterocycles. The van der Waals surface area contributed by atoms with Crippen LogP contribution in [0.3, 0.4) is 0 Å². The van der Waals surface area contributed by atoms with E-state index in [0.29, 0.717) is 19.1 Å². The topological polar surface area (TPSA) is 41.8 Å². The fourth-order valence-electron chi connectivity index (χ4n) is 3.22. The molecule has 2 aromatic carbocycles. The van der Waals surface area contributed by atoms with Gasteiger partial charge in [-0.15, -0.1) is 0 Å². The standard InChI is InChI=1S/C18H21ClN2O2S/c1-15(16-7-3-2-4-8-16)20-11-13-21(14-12-20)24(22,23)18-10-6-5-9-17(18)19/h2-10,15H,11-14H2,1H3/p+1/t15-/m0/s1. The number of halogens is 1. The van der Waals surface area contributed by atoms with Gasteiger partial charge in [-0.1, -0.05) is 54.1 Å². The van der Waals surface area contributed by atoms with Gasteiger partial charge in [0, 0.05) is 5.56 Å². The lowest BCUT2D eigenvalue weighted by Crippen LogP contribution is -3.14. The first kappa shape index (κ1) is 17.4. The van der Waals surface area contributed by atoms with E-state index in [2.05, 4.69) is 19.1 Å². The molecule has 1 fully saturated rings. The summed E-state index contributed by atoms with van der Waals surface area (Å²) in [5, 5.41) is 0.282. The number of piperazine rings is 1. The molecule has 128 valence electrons. The number of quaternary nitrogens is 1. The molecule has 0 radical (unpaired) electrons. The summed E-state index contributed by atoms with van der Waals surface area (Å²) in [6.45, 7) is 4.81. The highest BCUT2D eigenvalue weighted by Gasteiger charge is 2.33. The molecule has 0 spiro atoms. The molecule has 0 unspecified atom stereocenters. The number of sulfonamides is 1. The van der Waals surface area contributed by atoms with Crippen LogP contribution in [0.15, 0.2) is 59.5 Å². The smallest absolute Gasteiger partial charge is 0.244 e. The molecule has 0 saturated carbocycles. The second-order valence-electron chi connectivity index (χ2n) is 6.13. The molecule has 1 atom stereocenters. The van der Waals surface area contributed by atoms with E-state index >= 15 is 0 Å². The molecule has 1 heterocycles. The number of hydrogen-bond acceptors (Lipinski definition) is 2. The Balaban J connectivity index is 1.70. The lowest BCUT2D eigenvalue weighted by atomic mass is 10.1. The lowest BCUT2D eigenvalue weighted by molar-refractivity contribution is -0.933. The molecule has 3 rings (SSSR count). The largest absolute Gasteiger partial charge is 0.327 e. The van der Waals surface area contributed by atoms with E-state index in [4.69, 9.17) is 11.6 Å². The van der Waals surface area contributed by atoms with Crippen molar-refractivity contribution in [3.05, 3.63) is 65.2 Å². The molecule has 1 N–H and O–H groups in total. The molecular weight excluding hydrogens is 344 g/mol. The third-order valence-electron chi connectivity index (χ3n) is 4.73. The fraction of sp³-hybridized carbons (Fsp3) is 0.333. The van der Waals surface area contributed by atoms with Gasteiger partial charge in [-0.3, -0.25) is 0 Å². The highest BCUT2D eigenvalue weighted by atomic mass is 35.5. The summed E-state index contributed by atoms with van der Waals surface area (Å²) in [5.41, 5.74) is 1.29. The third-order valence-corrected chi connectivity index (χ3v) is 7.13. The van der Waals surface area contributed by atoms with Gasteiger partial charge in [0.2, 0.25) is 10.0 Å². The second kappa shape index (κ2) is 7.23. The molecule has 0 aromatic heterocycles. The molecular formula is C18H22ClN2O2S+. The fourth-order valence-corrected chi connectivity index (χ4v) is 5.15. The van der Waals surface area contributed by atoms with E-state index < -0.39 is 10.0 Å². The molecule has 1 aliphatic rings. The van der Waals surface area contributed by atoms with Gasteiger partial charge in [-0.2, -0.15) is 4.31 Å². The van der Waals surface area contributed by atoms with Crippen molar-refractivity contribution in [2.24, 2.45) is 0 Å². The van der Waals surface area contributed by atoms with Crippen molar-refractivity contribution in [2.75, 3.05) is 26.2 Å². The minimum atomic E-state index is -3.52. The van der Waals surface area contributed by atoms with Gasteiger partial charge in [0.25, 0.3) is 0 Å². The Bertz CT molecular complexity index is 788. The van der Waals surface area contributed by atoms with Crippen LogP contribution in [0.25, 0.3) is 0 Å². The Morgan fingerprint density at radius 1 is 1.00 bits per heavy atom. The summed E-state index contributed by atoms with van der Waals surface area (Å²) >= 11 is 6.08. The van der Waals surface area contributed by atoms with Crippen molar-refractivity contribution in [3.63, 3.8) is 0 Å². The molecule has 6 heteroatoms. The van der Waals surface area contributed by atoms with Crippen LogP contribution in [0.4, 0.5) is 0 Å². The SMILES string of the molecule is C[C@@H](c1ccccc1)[NH+]1CCN(S(=O)(=O)c2ccccc2Cl)CC1. The Morgan fingerprint density at radius 2 is 1.58 bits per heavy atom. The summed E-state index contributed by atoms with van der Waals surface area (Å²) in [6.07, 6.45) is 0. The number of hydrogen-bond donors (Lipinski definition) is 1. The van der Waals surface area contributed by atoms with E-state index in [0.717, 1.165) is 13.1 Å². The predicted molar refractivity (Wildman–Crippen MR) is 95.8 cm³/mol. The van der Waals surface area contributed by atoms with Crippen LogP contribution in [0.1, 0.15) is 18.5 Å². The van der Waals surface area contributed by atoms with Crippen LogP contribution in [0.5, 0.6) is 0 Å². The maximum absolute atomic E-state index is 12.8. The van der Waals surface area contributed by atoms with Crippen molar-refractivity contribution >= 4 is 21.6 Å². The zero-order chi connectivity index (χ0) is 17.2. The number of rotatable bonds is 4. The average molecular weight is 366 g/mol. The highest BCUT2D eigenvalue weighted by molar-refractivity contribution is 7.89. The average Bonchev–Trinajstić information content (AvgIpc) is 2.62. The molecule has 0 amide bonds. The summed E-state index contributed by atoms with van der Waals surface area (Å²) in [5.74, 6) is 0. The zero-order valence-corrected chi connectivity index (χ0v) is 15.2. The molecule has 0 aliphatic carbocycles. The van der Waals surface area contributed by atoms with Gasteiger partial charge in [0.15, 0.2) is 0 Å². The van der Waals surface area contributed by atoms with Crippen molar-refractivity contribution in [1.82, 2.24) is 4.31 Å². The zero-order valence-electron chi connectivity index (χ0n) is 13.7. The normalized spacial score (nSPS) is 18.4. The van der Waals surface area contributed by atoms with E-state index in [1.165, 1.54) is 10.5 Å². The van der Waals surface area contributed by atoms with Crippen molar-refractivity contribution in [3.8, 4) is 0 Å². The molecule has 4 nitrogen and oxygen atoms in total. The monoisotopic (exact) mass is 365 g/mol. The minimum absolute atomic E-state index is 0.200. The van der Waals surface area contributed by atoms with Gasteiger partial charge in [0.05, 0.1) is 31.2 Å². The maximum atomic E-state index is 12.8. The first-order valence-corrected chi connectivity index (χ1v) is 9.96. The first-order valence-electron chi connectivity index (χ1n) is 8.14. The second-order valence-corrected chi connectivity index (χ2v) is 8.44. The van der Waals surface area contributed by atoms with E-state index in [9.17, 15) is 8.42 Å². The number of nitrogens with zero attached hydrogens (tertiary/aromatic N) is 1. The van der Waals surface area contributed by atoms with Gasteiger partial charge in [-0.25, -0.2) is 8.42 Å². The van der Waals surface area contributed by atoms with Gasteiger partial charge in [-0.05, 0) is 19.1 Å². The van der Waals surface area contributed by atoms with Crippen LogP contribution in [0.2, 0.25) is 5.02 Å². The van der Waals surface area contributed by atoms with Crippen molar-refractivity contribution in [1.29, 1.82) is 0 Å². The van der Waals surface area contributed by atoms with Crippen LogP contribution < -0.4 is 4.90 Å². The molecule has 24 heavy (non-hydrogen) atoms. The first-order chi connectivity index (χ1) is 11.5. The molecule has 2 aromatic rings. The van der Waals surface area contributed by atoms with Crippen molar-refractivity contribution in [2.45, 2.75) is 17.9 Å². The van der Waals surface area contributed by atoms with Gasteiger partial charge >= 0.3 is 0 Å². The summed E-state index contributed by atoms with van der Waals surface area (Å²) in [7, 11) is -3.52. The third kappa shape index (κ3) is 3.49. The van der Waals surface area contributed by atoms with Crippen molar-refractivity contribution < 1.29 is 13.3 Å². The van der Waals surface area contributed by atoms with E-state index in [1.807, 2.05) is 18.2 Å². The Kier molecular flexibility index (Phi) is 5.25. The summed E-state index contributed by atoms with van der Waals surface area (Å²) in [6, 6.07) is 17.4. The molecule has 0 bridgehead atoms. The van der Waals surface area contributed by atoms with Gasteiger partial charge < -0.3 is 4.90 Å². The summed E-state index contributed by atoms with van der Waals surface area (Å²) in [4.78, 5) is 1.61. The minimum Gasteiger partial charge on any atom is -0.327 e. The van der Waals surface area contributed by atoms with Crippen LogP contribution in [0, 0.1) is 0 Å². The van der Waals surface area contributed by atoms with Crippen LogP contribution in [-0.2, 0) is 10.0 Å². The molecule has 1 saturated heterocycles. The lowest BCUT2D eigenvalue weighted by Gasteiger charge is -2.35.